The third-order valence-electron chi connectivity index (χ3n) is 2.78. The highest BCUT2D eigenvalue weighted by atomic mass is 19.4. The number of rotatable bonds is 3. The van der Waals surface area contributed by atoms with E-state index >= 15 is 0 Å². The lowest BCUT2D eigenvalue weighted by Gasteiger charge is -2.09. The molecule has 0 atom stereocenters. The minimum atomic E-state index is -4.82. The quantitative estimate of drug-likeness (QED) is 0.487. The number of hydrogen-bond acceptors (Lipinski definition) is 3. The van der Waals surface area contributed by atoms with Crippen molar-refractivity contribution in [1.82, 2.24) is 0 Å². The molecule has 0 spiro atoms. The number of benzene rings is 2. The Morgan fingerprint density at radius 3 is 2.09 bits per heavy atom. The molecule has 0 amide bonds. The molecule has 116 valence electrons. The van der Waals surface area contributed by atoms with Gasteiger partial charge in [-0.15, -0.1) is 0 Å². The van der Waals surface area contributed by atoms with Gasteiger partial charge in [0, 0.05) is 0 Å². The van der Waals surface area contributed by atoms with Gasteiger partial charge < -0.3 is 9.47 Å². The Labute approximate surface area is 123 Å². The average Bonchev–Trinajstić information content (AvgIpc) is 2.46. The van der Waals surface area contributed by atoms with E-state index in [-0.39, 0.29) is 11.3 Å². The second-order valence-electron chi connectivity index (χ2n) is 4.26. The van der Waals surface area contributed by atoms with Crippen LogP contribution in [0.25, 0.3) is 0 Å². The number of carbonyl (C=O) groups is 1. The summed E-state index contributed by atoms with van der Waals surface area (Å²) in [6.45, 7) is 0. The molecule has 0 saturated heterocycles. The highest BCUT2D eigenvalue weighted by molar-refractivity contribution is 5.91. The first-order valence-corrected chi connectivity index (χ1v) is 6.04. The summed E-state index contributed by atoms with van der Waals surface area (Å²) in [7, 11) is 1.46. The second-order valence-corrected chi connectivity index (χ2v) is 4.26. The third kappa shape index (κ3) is 3.55. The number of ether oxygens (including phenoxy) is 2. The van der Waals surface area contributed by atoms with Gasteiger partial charge in [-0.2, -0.15) is 13.2 Å². The monoisotopic (exact) mass is 314 g/mol. The Hall–Kier alpha value is -2.57. The van der Waals surface area contributed by atoms with E-state index < -0.39 is 23.5 Å². The lowest BCUT2D eigenvalue weighted by atomic mass is 10.1. The van der Waals surface area contributed by atoms with Crippen LogP contribution in [0.2, 0.25) is 0 Å². The molecule has 0 N–H and O–H groups in total. The largest absolute Gasteiger partial charge is 0.497 e. The highest BCUT2D eigenvalue weighted by Gasteiger charge is 2.34. The topological polar surface area (TPSA) is 35.5 Å². The second kappa shape index (κ2) is 6.05. The molecule has 3 nitrogen and oxygen atoms in total. The summed E-state index contributed by atoms with van der Waals surface area (Å²) >= 11 is 0. The van der Waals surface area contributed by atoms with Crippen molar-refractivity contribution in [2.45, 2.75) is 6.18 Å². The lowest BCUT2D eigenvalue weighted by molar-refractivity contribution is -0.140. The molecule has 0 bridgehead atoms. The Balaban J connectivity index is 2.17. The summed E-state index contributed by atoms with van der Waals surface area (Å²) in [5.41, 5.74) is -1.75. The standard InChI is InChI=1S/C15H10F4O3/c1-21-10-3-5-11(6-4-10)22-14(20)9-2-7-12(13(16)8-9)15(17,18)19/h2-8H,1H3. The number of carbonyl (C=O) groups excluding carboxylic acids is 1. The summed E-state index contributed by atoms with van der Waals surface area (Å²) in [5, 5.41) is 0. The summed E-state index contributed by atoms with van der Waals surface area (Å²) in [6, 6.07) is 7.81. The maximum atomic E-state index is 13.4. The van der Waals surface area contributed by atoms with Crippen LogP contribution >= 0.6 is 0 Å². The average molecular weight is 314 g/mol. The first-order chi connectivity index (χ1) is 10.3. The molecule has 0 aliphatic rings. The summed E-state index contributed by atoms with van der Waals surface area (Å²) in [4.78, 5) is 11.8. The zero-order valence-corrected chi connectivity index (χ0v) is 11.3. The van der Waals surface area contributed by atoms with Crippen LogP contribution < -0.4 is 9.47 Å². The van der Waals surface area contributed by atoms with Crippen LogP contribution in [-0.4, -0.2) is 13.1 Å². The molecule has 0 unspecified atom stereocenters. The third-order valence-corrected chi connectivity index (χ3v) is 2.78. The molecule has 22 heavy (non-hydrogen) atoms. The van der Waals surface area contributed by atoms with Crippen LogP contribution in [0.4, 0.5) is 17.6 Å². The molecule has 0 radical (unpaired) electrons. The molecular weight excluding hydrogens is 304 g/mol. The summed E-state index contributed by atoms with van der Waals surface area (Å²) in [6.07, 6.45) is -4.82. The molecule has 0 aliphatic heterocycles. The molecule has 0 aromatic heterocycles. The van der Waals surface area contributed by atoms with Crippen LogP contribution in [-0.2, 0) is 6.18 Å². The van der Waals surface area contributed by atoms with Crippen LogP contribution in [0.1, 0.15) is 15.9 Å². The van der Waals surface area contributed by atoms with Crippen molar-refractivity contribution in [3.63, 3.8) is 0 Å². The van der Waals surface area contributed by atoms with E-state index in [4.69, 9.17) is 9.47 Å². The van der Waals surface area contributed by atoms with Crippen LogP contribution in [0.3, 0.4) is 0 Å². The zero-order valence-electron chi connectivity index (χ0n) is 11.3. The van der Waals surface area contributed by atoms with Crippen LogP contribution in [0.15, 0.2) is 42.5 Å². The van der Waals surface area contributed by atoms with E-state index in [0.717, 1.165) is 6.07 Å². The van der Waals surface area contributed by atoms with Gasteiger partial charge in [0.1, 0.15) is 17.3 Å². The molecule has 2 aromatic rings. The van der Waals surface area contributed by atoms with E-state index in [1.54, 1.807) is 0 Å². The number of hydrogen-bond donors (Lipinski definition) is 0. The minimum Gasteiger partial charge on any atom is -0.497 e. The molecule has 2 aromatic carbocycles. The van der Waals surface area contributed by atoms with Crippen molar-refractivity contribution in [2.75, 3.05) is 7.11 Å². The minimum absolute atomic E-state index is 0.158. The molecular formula is C15H10F4O3. The van der Waals surface area contributed by atoms with E-state index in [1.807, 2.05) is 0 Å². The number of methoxy groups -OCH3 is 1. The van der Waals surface area contributed by atoms with E-state index in [0.29, 0.717) is 17.9 Å². The number of alkyl halides is 3. The van der Waals surface area contributed by atoms with Crippen molar-refractivity contribution >= 4 is 5.97 Å². The van der Waals surface area contributed by atoms with Gasteiger partial charge in [-0.05, 0) is 42.5 Å². The number of esters is 1. The van der Waals surface area contributed by atoms with Gasteiger partial charge >= 0.3 is 12.1 Å². The summed E-state index contributed by atoms with van der Waals surface area (Å²) in [5.74, 6) is -1.79. The van der Waals surface area contributed by atoms with Crippen molar-refractivity contribution in [3.05, 3.63) is 59.4 Å². The first kappa shape index (κ1) is 15.8. The van der Waals surface area contributed by atoms with Crippen molar-refractivity contribution in [2.24, 2.45) is 0 Å². The number of halogens is 4. The molecule has 7 heteroatoms. The Morgan fingerprint density at radius 2 is 1.59 bits per heavy atom. The fourth-order valence-corrected chi connectivity index (χ4v) is 1.68. The molecule has 0 heterocycles. The predicted octanol–water partition coefficient (Wildman–Crippen LogP) is 4.07. The lowest BCUT2D eigenvalue weighted by Crippen LogP contribution is -2.12. The van der Waals surface area contributed by atoms with Gasteiger partial charge in [0.2, 0.25) is 0 Å². The summed E-state index contributed by atoms with van der Waals surface area (Å²) < 4.78 is 60.6. The zero-order chi connectivity index (χ0) is 16.3. The van der Waals surface area contributed by atoms with E-state index in [2.05, 4.69) is 0 Å². The Kier molecular flexibility index (Phi) is 4.35. The highest BCUT2D eigenvalue weighted by Crippen LogP contribution is 2.31. The van der Waals surface area contributed by atoms with Gasteiger partial charge in [-0.3, -0.25) is 0 Å². The van der Waals surface area contributed by atoms with Crippen molar-refractivity contribution in [3.8, 4) is 11.5 Å². The van der Waals surface area contributed by atoms with Crippen molar-refractivity contribution in [1.29, 1.82) is 0 Å². The maximum Gasteiger partial charge on any atom is 0.419 e. The van der Waals surface area contributed by atoms with Gasteiger partial charge in [0.25, 0.3) is 0 Å². The predicted molar refractivity (Wildman–Crippen MR) is 69.4 cm³/mol. The van der Waals surface area contributed by atoms with Gasteiger partial charge in [-0.1, -0.05) is 0 Å². The molecule has 0 saturated carbocycles. The van der Waals surface area contributed by atoms with Crippen molar-refractivity contribution < 1.29 is 31.8 Å². The molecule has 0 aliphatic carbocycles. The van der Waals surface area contributed by atoms with E-state index in [1.165, 1.54) is 31.4 Å². The van der Waals surface area contributed by atoms with Gasteiger partial charge in [0.05, 0.1) is 18.2 Å². The molecule has 2 rings (SSSR count). The smallest absolute Gasteiger partial charge is 0.419 e. The van der Waals surface area contributed by atoms with Crippen LogP contribution in [0.5, 0.6) is 11.5 Å². The normalized spacial score (nSPS) is 11.1. The van der Waals surface area contributed by atoms with Crippen LogP contribution in [0, 0.1) is 5.82 Å². The fraction of sp³-hybridized carbons (Fsp3) is 0.133. The Morgan fingerprint density at radius 1 is 1.00 bits per heavy atom. The molecule has 0 fully saturated rings. The van der Waals surface area contributed by atoms with Gasteiger partial charge in [0.15, 0.2) is 0 Å². The first-order valence-electron chi connectivity index (χ1n) is 6.04. The fourth-order valence-electron chi connectivity index (χ4n) is 1.68. The van der Waals surface area contributed by atoms with E-state index in [9.17, 15) is 22.4 Å². The van der Waals surface area contributed by atoms with Gasteiger partial charge in [-0.25, -0.2) is 9.18 Å². The Bertz CT molecular complexity index is 678. The SMILES string of the molecule is COc1ccc(OC(=O)c2ccc(C(F)(F)F)c(F)c2)cc1. The maximum absolute atomic E-state index is 13.4.